The zero-order valence-corrected chi connectivity index (χ0v) is 15.6. The number of methoxy groups -OCH3 is 1. The fourth-order valence-corrected chi connectivity index (χ4v) is 2.41. The molecule has 1 N–H and O–H groups in total. The Morgan fingerprint density at radius 1 is 1.35 bits per heavy atom. The molecule has 2 heterocycles. The third-order valence-electron chi connectivity index (χ3n) is 3.47. The molecule has 0 atom stereocenters. The third-order valence-corrected chi connectivity index (χ3v) is 3.74. The summed E-state index contributed by atoms with van der Waals surface area (Å²) in [5.41, 5.74) is 0.840. The van der Waals surface area contributed by atoms with Crippen LogP contribution in [0.15, 0.2) is 46.1 Å². The highest BCUT2D eigenvalue weighted by atomic mass is 32.1. The molecule has 0 fully saturated rings. The zero-order valence-electron chi connectivity index (χ0n) is 14.8. The second kappa shape index (κ2) is 8.01. The zero-order chi connectivity index (χ0) is 18.5. The summed E-state index contributed by atoms with van der Waals surface area (Å²) >= 11 is 5.24. The molecule has 136 valence electrons. The SMILES string of the molecule is COc1cc(/C=N\n2c(-c3ccco3)n[nH]c2=S)ccc1OCC(C)C. The second-order valence-electron chi connectivity index (χ2n) is 6.00. The quantitative estimate of drug-likeness (QED) is 0.498. The van der Waals surface area contributed by atoms with Crippen LogP contribution in [0.4, 0.5) is 0 Å². The van der Waals surface area contributed by atoms with Crippen molar-refractivity contribution < 1.29 is 13.9 Å². The van der Waals surface area contributed by atoms with E-state index in [1.807, 2.05) is 18.2 Å². The van der Waals surface area contributed by atoms with Crippen molar-refractivity contribution >= 4 is 18.4 Å². The van der Waals surface area contributed by atoms with E-state index in [-0.39, 0.29) is 0 Å². The Balaban J connectivity index is 1.85. The van der Waals surface area contributed by atoms with Gasteiger partial charge in [-0.25, -0.2) is 5.10 Å². The van der Waals surface area contributed by atoms with Crippen molar-refractivity contribution in [2.45, 2.75) is 13.8 Å². The van der Waals surface area contributed by atoms with Gasteiger partial charge in [0, 0.05) is 0 Å². The van der Waals surface area contributed by atoms with Gasteiger partial charge in [0.25, 0.3) is 0 Å². The van der Waals surface area contributed by atoms with Crippen molar-refractivity contribution in [3.05, 3.63) is 46.9 Å². The maximum absolute atomic E-state index is 5.76. The van der Waals surface area contributed by atoms with Gasteiger partial charge in [0.2, 0.25) is 10.6 Å². The van der Waals surface area contributed by atoms with E-state index < -0.39 is 0 Å². The van der Waals surface area contributed by atoms with Gasteiger partial charge < -0.3 is 13.9 Å². The molecule has 8 heteroatoms. The van der Waals surface area contributed by atoms with Crippen LogP contribution in [0.5, 0.6) is 11.5 Å². The second-order valence-corrected chi connectivity index (χ2v) is 6.39. The standard InChI is InChI=1S/C18H20N4O3S/c1-12(2)11-25-14-7-6-13(9-16(14)23-3)10-19-22-17(20-21-18(22)26)15-5-4-8-24-15/h4-10,12H,11H2,1-3H3,(H,21,26)/b19-10-. The number of furan rings is 1. The van der Waals surface area contributed by atoms with E-state index in [2.05, 4.69) is 29.1 Å². The topological polar surface area (TPSA) is 77.6 Å². The molecule has 0 saturated carbocycles. The summed E-state index contributed by atoms with van der Waals surface area (Å²) in [4.78, 5) is 0. The first kappa shape index (κ1) is 17.9. The molecule has 0 radical (unpaired) electrons. The van der Waals surface area contributed by atoms with Crippen molar-refractivity contribution in [1.82, 2.24) is 14.9 Å². The molecule has 0 amide bonds. The summed E-state index contributed by atoms with van der Waals surface area (Å²) in [6.45, 7) is 4.82. The molecule has 1 aromatic carbocycles. The molecular formula is C18H20N4O3S. The predicted octanol–water partition coefficient (Wildman–Crippen LogP) is 4.13. The molecule has 0 unspecified atom stereocenters. The number of aromatic nitrogens is 3. The predicted molar refractivity (Wildman–Crippen MR) is 101 cm³/mol. The lowest BCUT2D eigenvalue weighted by Gasteiger charge is -2.12. The van der Waals surface area contributed by atoms with Gasteiger partial charge in [-0.1, -0.05) is 13.8 Å². The molecule has 0 aliphatic rings. The first-order valence-electron chi connectivity index (χ1n) is 8.15. The van der Waals surface area contributed by atoms with Crippen LogP contribution in [0.1, 0.15) is 19.4 Å². The van der Waals surface area contributed by atoms with Crippen molar-refractivity contribution in [2.24, 2.45) is 11.0 Å². The van der Waals surface area contributed by atoms with Gasteiger partial charge in [-0.05, 0) is 54.0 Å². The largest absolute Gasteiger partial charge is 0.493 e. The molecular weight excluding hydrogens is 352 g/mol. The number of nitrogens with zero attached hydrogens (tertiary/aromatic N) is 3. The van der Waals surface area contributed by atoms with Crippen LogP contribution in [-0.4, -0.2) is 34.8 Å². The van der Waals surface area contributed by atoms with Crippen LogP contribution in [0.25, 0.3) is 11.6 Å². The fraction of sp³-hybridized carbons (Fsp3) is 0.278. The van der Waals surface area contributed by atoms with Gasteiger partial charge in [0.1, 0.15) is 0 Å². The van der Waals surface area contributed by atoms with E-state index in [4.69, 9.17) is 26.1 Å². The van der Waals surface area contributed by atoms with E-state index in [9.17, 15) is 0 Å². The first-order chi connectivity index (χ1) is 12.6. The maximum atomic E-state index is 5.76. The molecule has 0 saturated heterocycles. The summed E-state index contributed by atoms with van der Waals surface area (Å²) in [6.07, 6.45) is 3.24. The fourth-order valence-electron chi connectivity index (χ4n) is 2.23. The summed E-state index contributed by atoms with van der Waals surface area (Å²) in [6, 6.07) is 9.20. The minimum atomic E-state index is 0.372. The number of hydrogen-bond acceptors (Lipinski definition) is 6. The van der Waals surface area contributed by atoms with E-state index in [0.29, 0.717) is 40.4 Å². The van der Waals surface area contributed by atoms with Crippen molar-refractivity contribution in [3.8, 4) is 23.1 Å². The number of H-pyrrole nitrogens is 1. The Kier molecular flexibility index (Phi) is 5.52. The molecule has 0 aliphatic carbocycles. The summed E-state index contributed by atoms with van der Waals surface area (Å²) in [5, 5.41) is 11.3. The van der Waals surface area contributed by atoms with E-state index in [0.717, 1.165) is 5.56 Å². The third kappa shape index (κ3) is 4.02. The molecule has 3 aromatic rings. The van der Waals surface area contributed by atoms with Gasteiger partial charge in [-0.15, -0.1) is 5.10 Å². The van der Waals surface area contributed by atoms with Crippen LogP contribution < -0.4 is 9.47 Å². The Morgan fingerprint density at radius 2 is 2.19 bits per heavy atom. The minimum Gasteiger partial charge on any atom is -0.493 e. The highest BCUT2D eigenvalue weighted by Gasteiger charge is 2.11. The van der Waals surface area contributed by atoms with Crippen LogP contribution in [0, 0.1) is 10.7 Å². The summed E-state index contributed by atoms with van der Waals surface area (Å²) in [7, 11) is 1.61. The normalized spacial score (nSPS) is 11.4. The van der Waals surface area contributed by atoms with E-state index in [1.54, 1.807) is 31.7 Å². The lowest BCUT2D eigenvalue weighted by Crippen LogP contribution is -2.05. The molecule has 0 bridgehead atoms. The molecule has 26 heavy (non-hydrogen) atoms. The van der Waals surface area contributed by atoms with Gasteiger partial charge in [-0.2, -0.15) is 9.78 Å². The average Bonchev–Trinajstić information content (AvgIpc) is 3.28. The van der Waals surface area contributed by atoms with E-state index in [1.165, 1.54) is 4.68 Å². The van der Waals surface area contributed by atoms with Gasteiger partial charge in [-0.3, -0.25) is 0 Å². The van der Waals surface area contributed by atoms with Crippen LogP contribution in [0.2, 0.25) is 0 Å². The van der Waals surface area contributed by atoms with Crippen LogP contribution >= 0.6 is 12.2 Å². The highest BCUT2D eigenvalue weighted by Crippen LogP contribution is 2.28. The number of benzene rings is 1. The minimum absolute atomic E-state index is 0.372. The number of hydrogen-bond donors (Lipinski definition) is 1. The Hall–Kier alpha value is -2.87. The smallest absolute Gasteiger partial charge is 0.219 e. The number of rotatable bonds is 7. The van der Waals surface area contributed by atoms with Crippen LogP contribution in [0.3, 0.4) is 0 Å². The first-order valence-corrected chi connectivity index (χ1v) is 8.55. The van der Waals surface area contributed by atoms with Crippen molar-refractivity contribution in [1.29, 1.82) is 0 Å². The van der Waals surface area contributed by atoms with Gasteiger partial charge >= 0.3 is 0 Å². The Bertz CT molecular complexity index is 942. The monoisotopic (exact) mass is 372 g/mol. The molecule has 0 spiro atoms. The number of ether oxygens (including phenoxy) is 2. The van der Waals surface area contributed by atoms with Gasteiger partial charge in [0.05, 0.1) is 26.2 Å². The van der Waals surface area contributed by atoms with Gasteiger partial charge in [0.15, 0.2) is 17.3 Å². The summed E-state index contributed by atoms with van der Waals surface area (Å²) in [5.74, 6) is 2.86. The lowest BCUT2D eigenvalue weighted by atomic mass is 10.2. The Labute approximate surface area is 156 Å². The van der Waals surface area contributed by atoms with Crippen molar-refractivity contribution in [3.63, 3.8) is 0 Å². The van der Waals surface area contributed by atoms with Crippen LogP contribution in [-0.2, 0) is 0 Å². The molecule has 2 aromatic heterocycles. The molecule has 3 rings (SSSR count). The lowest BCUT2D eigenvalue weighted by molar-refractivity contribution is 0.257. The average molecular weight is 372 g/mol. The Morgan fingerprint density at radius 3 is 2.88 bits per heavy atom. The molecule has 7 nitrogen and oxygen atoms in total. The van der Waals surface area contributed by atoms with E-state index >= 15 is 0 Å². The maximum Gasteiger partial charge on any atom is 0.219 e. The summed E-state index contributed by atoms with van der Waals surface area (Å²) < 4.78 is 18.4. The van der Waals surface area contributed by atoms with Crippen molar-refractivity contribution in [2.75, 3.05) is 13.7 Å². The number of aromatic amines is 1. The highest BCUT2D eigenvalue weighted by molar-refractivity contribution is 7.71. The number of nitrogens with one attached hydrogen (secondary N) is 1. The molecule has 0 aliphatic heterocycles.